The summed E-state index contributed by atoms with van der Waals surface area (Å²) in [5.41, 5.74) is 2.59. The van der Waals surface area contributed by atoms with Crippen LogP contribution in [-0.2, 0) is 0 Å². The lowest BCUT2D eigenvalue weighted by Crippen LogP contribution is -2.36. The van der Waals surface area contributed by atoms with Gasteiger partial charge < -0.3 is 20.1 Å². The molecule has 0 aromatic heterocycles. The molecule has 0 saturated heterocycles. The van der Waals surface area contributed by atoms with E-state index in [0.29, 0.717) is 0 Å². The van der Waals surface area contributed by atoms with Crippen molar-refractivity contribution in [1.82, 2.24) is 4.90 Å². The lowest BCUT2D eigenvalue weighted by atomic mass is 10.1. The quantitative estimate of drug-likeness (QED) is 0.891. The molecule has 0 saturated carbocycles. The minimum atomic E-state index is -0.426. The van der Waals surface area contributed by atoms with Gasteiger partial charge in [-0.05, 0) is 36.2 Å². The molecule has 2 rings (SSSR count). The molecule has 0 aliphatic rings. The van der Waals surface area contributed by atoms with Gasteiger partial charge in [-0.25, -0.2) is 4.79 Å². The number of ether oxygens (including phenoxy) is 1. The Hall–Kier alpha value is -2.53. The first-order valence-corrected chi connectivity index (χ1v) is 7.41. The highest BCUT2D eigenvalue weighted by Crippen LogP contribution is 2.23. The number of nitrogens with zero attached hydrogens (tertiary/aromatic N) is 1. The zero-order valence-electron chi connectivity index (χ0n) is 13.6. The number of likely N-dealkylation sites (N-methyl/N-ethyl adjacent to an activating group) is 1. The van der Waals surface area contributed by atoms with Crippen molar-refractivity contribution in [2.45, 2.75) is 13.0 Å². The van der Waals surface area contributed by atoms with Crippen LogP contribution in [0.2, 0.25) is 0 Å². The van der Waals surface area contributed by atoms with E-state index in [0.717, 1.165) is 22.6 Å². The smallest absolute Gasteiger partial charge is 0.322 e. The first-order chi connectivity index (χ1) is 11.1. The Bertz CT molecular complexity index is 656. The molecule has 2 aromatic rings. The molecule has 2 aromatic carbocycles. The monoisotopic (exact) mass is 314 g/mol. The van der Waals surface area contributed by atoms with E-state index < -0.39 is 6.04 Å². The number of para-hydroxylation sites is 1. The van der Waals surface area contributed by atoms with Gasteiger partial charge in [0, 0.05) is 12.7 Å². The van der Waals surface area contributed by atoms with Crippen LogP contribution >= 0.6 is 0 Å². The van der Waals surface area contributed by atoms with Crippen LogP contribution in [0.25, 0.3) is 0 Å². The van der Waals surface area contributed by atoms with Crippen molar-refractivity contribution in [1.29, 1.82) is 0 Å². The van der Waals surface area contributed by atoms with Crippen LogP contribution in [0.5, 0.6) is 5.75 Å². The zero-order valence-corrected chi connectivity index (χ0v) is 13.6. The number of rotatable bonds is 5. The molecular weight excluding hydrogens is 292 g/mol. The van der Waals surface area contributed by atoms with E-state index in [-0.39, 0.29) is 12.6 Å². The number of aliphatic hydroxyl groups excluding tert-OH is 1. The van der Waals surface area contributed by atoms with Crippen LogP contribution in [0.4, 0.5) is 10.5 Å². The van der Waals surface area contributed by atoms with Gasteiger partial charge in [0.25, 0.3) is 0 Å². The number of hydrogen-bond acceptors (Lipinski definition) is 3. The van der Waals surface area contributed by atoms with Crippen LogP contribution in [0, 0.1) is 6.92 Å². The lowest BCUT2D eigenvalue weighted by Gasteiger charge is -2.27. The van der Waals surface area contributed by atoms with E-state index in [9.17, 15) is 9.90 Å². The van der Waals surface area contributed by atoms with Crippen molar-refractivity contribution in [2.75, 3.05) is 26.1 Å². The normalized spacial score (nSPS) is 11.7. The van der Waals surface area contributed by atoms with Gasteiger partial charge in [0.15, 0.2) is 0 Å². The number of methoxy groups -OCH3 is 1. The second-order valence-electron chi connectivity index (χ2n) is 5.33. The standard InChI is InChI=1S/C18H22N2O3/c1-13-6-4-5-7-16(13)19-18(22)20(2)17(12-21)14-8-10-15(23-3)11-9-14/h4-11,17,21H,12H2,1-3H3,(H,19,22). The molecule has 0 bridgehead atoms. The van der Waals surface area contributed by atoms with Gasteiger partial charge in [0.1, 0.15) is 5.75 Å². The summed E-state index contributed by atoms with van der Waals surface area (Å²) in [5, 5.41) is 12.6. The van der Waals surface area contributed by atoms with Gasteiger partial charge in [-0.1, -0.05) is 30.3 Å². The molecule has 5 heteroatoms. The second kappa shape index (κ2) is 7.65. The number of nitrogens with one attached hydrogen (secondary N) is 1. The highest BCUT2D eigenvalue weighted by molar-refractivity contribution is 5.90. The van der Waals surface area contributed by atoms with E-state index in [1.54, 1.807) is 14.2 Å². The highest BCUT2D eigenvalue weighted by atomic mass is 16.5. The summed E-state index contributed by atoms with van der Waals surface area (Å²) in [6.07, 6.45) is 0. The van der Waals surface area contributed by atoms with Crippen molar-refractivity contribution in [3.63, 3.8) is 0 Å². The topological polar surface area (TPSA) is 61.8 Å². The fourth-order valence-corrected chi connectivity index (χ4v) is 2.34. The lowest BCUT2D eigenvalue weighted by molar-refractivity contribution is 0.159. The predicted octanol–water partition coefficient (Wildman–Crippen LogP) is 3.20. The number of aryl methyl sites for hydroxylation is 1. The number of anilines is 1. The maximum atomic E-state index is 12.4. The number of hydrogen-bond donors (Lipinski definition) is 2. The molecular formula is C18H22N2O3. The van der Waals surface area contributed by atoms with E-state index >= 15 is 0 Å². The van der Waals surface area contributed by atoms with Crippen LogP contribution < -0.4 is 10.1 Å². The summed E-state index contributed by atoms with van der Waals surface area (Å²) in [5.74, 6) is 0.734. The third-order valence-electron chi connectivity index (χ3n) is 3.85. The second-order valence-corrected chi connectivity index (χ2v) is 5.33. The first kappa shape index (κ1) is 16.8. The zero-order chi connectivity index (χ0) is 16.8. The van der Waals surface area contributed by atoms with Crippen LogP contribution in [0.15, 0.2) is 48.5 Å². The summed E-state index contributed by atoms with van der Waals surface area (Å²) in [6.45, 7) is 1.77. The van der Waals surface area contributed by atoms with Gasteiger partial charge >= 0.3 is 6.03 Å². The molecule has 0 radical (unpaired) electrons. The Labute approximate surface area is 136 Å². The summed E-state index contributed by atoms with van der Waals surface area (Å²) >= 11 is 0. The van der Waals surface area contributed by atoms with Crippen molar-refractivity contribution < 1.29 is 14.6 Å². The predicted molar refractivity (Wildman–Crippen MR) is 90.8 cm³/mol. The summed E-state index contributed by atoms with van der Waals surface area (Å²) in [4.78, 5) is 13.9. The third-order valence-corrected chi connectivity index (χ3v) is 3.85. The molecule has 0 aliphatic carbocycles. The van der Waals surface area contributed by atoms with Gasteiger partial charge in [-0.15, -0.1) is 0 Å². The maximum absolute atomic E-state index is 12.4. The maximum Gasteiger partial charge on any atom is 0.322 e. The number of carbonyl (C=O) groups excluding carboxylic acids is 1. The molecule has 2 amide bonds. The Kier molecular flexibility index (Phi) is 5.60. The van der Waals surface area contributed by atoms with Crippen molar-refractivity contribution in [3.8, 4) is 5.75 Å². The third kappa shape index (κ3) is 4.02. The van der Waals surface area contributed by atoms with Gasteiger partial charge in [-0.3, -0.25) is 0 Å². The Morgan fingerprint density at radius 1 is 1.22 bits per heavy atom. The Balaban J connectivity index is 2.13. The van der Waals surface area contributed by atoms with Crippen LogP contribution in [0.1, 0.15) is 17.2 Å². The highest BCUT2D eigenvalue weighted by Gasteiger charge is 2.21. The molecule has 0 heterocycles. The molecule has 1 unspecified atom stereocenters. The molecule has 5 nitrogen and oxygen atoms in total. The summed E-state index contributed by atoms with van der Waals surface area (Å²) in [7, 11) is 3.26. The van der Waals surface area contributed by atoms with Crippen molar-refractivity contribution >= 4 is 11.7 Å². The average molecular weight is 314 g/mol. The number of benzene rings is 2. The number of aliphatic hydroxyl groups is 1. The number of carbonyl (C=O) groups is 1. The summed E-state index contributed by atoms with van der Waals surface area (Å²) < 4.78 is 5.13. The largest absolute Gasteiger partial charge is 0.497 e. The van der Waals surface area contributed by atoms with E-state index in [4.69, 9.17) is 4.74 Å². The van der Waals surface area contributed by atoms with E-state index in [1.807, 2.05) is 55.5 Å². The van der Waals surface area contributed by atoms with Crippen LogP contribution in [-0.4, -0.2) is 36.8 Å². The first-order valence-electron chi connectivity index (χ1n) is 7.41. The van der Waals surface area contributed by atoms with E-state index in [2.05, 4.69) is 5.32 Å². The molecule has 0 aliphatic heterocycles. The Morgan fingerprint density at radius 2 is 1.87 bits per heavy atom. The van der Waals surface area contributed by atoms with Gasteiger partial charge in [0.05, 0.1) is 19.8 Å². The minimum absolute atomic E-state index is 0.163. The van der Waals surface area contributed by atoms with E-state index in [1.165, 1.54) is 4.90 Å². The molecule has 0 spiro atoms. The van der Waals surface area contributed by atoms with Crippen molar-refractivity contribution in [3.05, 3.63) is 59.7 Å². The Morgan fingerprint density at radius 3 is 2.43 bits per heavy atom. The van der Waals surface area contributed by atoms with Crippen LogP contribution in [0.3, 0.4) is 0 Å². The molecule has 23 heavy (non-hydrogen) atoms. The number of amides is 2. The number of urea groups is 1. The fourth-order valence-electron chi connectivity index (χ4n) is 2.34. The average Bonchev–Trinajstić information content (AvgIpc) is 2.58. The van der Waals surface area contributed by atoms with Gasteiger partial charge in [-0.2, -0.15) is 0 Å². The molecule has 2 N–H and O–H groups in total. The molecule has 0 fully saturated rings. The molecule has 122 valence electrons. The minimum Gasteiger partial charge on any atom is -0.497 e. The summed E-state index contributed by atoms with van der Waals surface area (Å²) in [6, 6.07) is 14.2. The molecule has 1 atom stereocenters. The van der Waals surface area contributed by atoms with Gasteiger partial charge in [0.2, 0.25) is 0 Å². The SMILES string of the molecule is COc1ccc(C(CO)N(C)C(=O)Nc2ccccc2C)cc1. The fraction of sp³-hybridized carbons (Fsp3) is 0.278. The van der Waals surface area contributed by atoms with Crippen molar-refractivity contribution in [2.24, 2.45) is 0 Å².